The van der Waals surface area contributed by atoms with Crippen molar-refractivity contribution in [3.63, 3.8) is 0 Å². The van der Waals surface area contributed by atoms with Crippen LogP contribution in [0.3, 0.4) is 0 Å². The molecule has 0 bridgehead atoms. The lowest BCUT2D eigenvalue weighted by Gasteiger charge is -2.33. The number of benzene rings is 1. The molecule has 1 aromatic carbocycles. The van der Waals surface area contributed by atoms with Crippen LogP contribution in [-0.2, 0) is 0 Å². The second kappa shape index (κ2) is 7.42. The molecule has 5 heteroatoms. The number of piperidine rings is 1. The standard InChI is InChI=1S/C20H28FN3O/c21-16-3-6-18-19(13-16)25-23-20(18)15-8-11-24(12-9-15)10-7-14-1-4-17(22)5-2-14/h3,6,13-15,17H,1-2,4-5,7-12,22H2/t14-,17-. The van der Waals surface area contributed by atoms with Gasteiger partial charge < -0.3 is 15.2 Å². The second-order valence-electron chi connectivity index (χ2n) is 7.89. The number of halogens is 1. The van der Waals surface area contributed by atoms with Crippen LogP contribution in [-0.4, -0.2) is 35.7 Å². The minimum Gasteiger partial charge on any atom is -0.356 e. The molecule has 4 nitrogen and oxygen atoms in total. The summed E-state index contributed by atoms with van der Waals surface area (Å²) >= 11 is 0. The molecule has 0 spiro atoms. The Labute approximate surface area is 148 Å². The molecule has 2 fully saturated rings. The average molecular weight is 345 g/mol. The molecule has 0 amide bonds. The number of hydrogen-bond donors (Lipinski definition) is 1. The van der Waals surface area contributed by atoms with Crippen molar-refractivity contribution in [2.45, 2.75) is 56.9 Å². The number of aromatic nitrogens is 1. The third-order valence-electron chi connectivity index (χ3n) is 6.18. The maximum Gasteiger partial charge on any atom is 0.170 e. The molecular weight excluding hydrogens is 317 g/mol. The van der Waals surface area contributed by atoms with Crippen molar-refractivity contribution in [2.24, 2.45) is 11.7 Å². The Kier molecular flexibility index (Phi) is 5.04. The number of hydrogen-bond acceptors (Lipinski definition) is 4. The van der Waals surface area contributed by atoms with Gasteiger partial charge in [-0.2, -0.15) is 0 Å². The van der Waals surface area contributed by atoms with Gasteiger partial charge in [0.2, 0.25) is 0 Å². The van der Waals surface area contributed by atoms with Gasteiger partial charge in [0.15, 0.2) is 5.58 Å². The molecule has 4 rings (SSSR count). The molecule has 25 heavy (non-hydrogen) atoms. The first kappa shape index (κ1) is 17.0. The van der Waals surface area contributed by atoms with Crippen LogP contribution >= 0.6 is 0 Å². The van der Waals surface area contributed by atoms with Crippen LogP contribution in [0.25, 0.3) is 11.0 Å². The molecule has 1 aliphatic heterocycles. The molecule has 0 radical (unpaired) electrons. The minimum absolute atomic E-state index is 0.270. The highest BCUT2D eigenvalue weighted by atomic mass is 19.1. The molecule has 2 N–H and O–H groups in total. The first-order chi connectivity index (χ1) is 12.2. The SMILES string of the molecule is N[C@H]1CC[C@H](CCN2CCC(c3noc4cc(F)ccc34)CC2)CC1. The molecule has 136 valence electrons. The van der Waals surface area contributed by atoms with Crippen LogP contribution in [0, 0.1) is 11.7 Å². The highest BCUT2D eigenvalue weighted by Gasteiger charge is 2.26. The molecule has 1 saturated heterocycles. The van der Waals surface area contributed by atoms with E-state index in [4.69, 9.17) is 10.3 Å². The zero-order chi connectivity index (χ0) is 17.2. The number of rotatable bonds is 4. The Morgan fingerprint density at radius 2 is 1.88 bits per heavy atom. The van der Waals surface area contributed by atoms with Gasteiger partial charge in [0.1, 0.15) is 5.82 Å². The van der Waals surface area contributed by atoms with Crippen molar-refractivity contribution >= 4 is 11.0 Å². The quantitative estimate of drug-likeness (QED) is 0.908. The molecule has 2 aliphatic rings. The zero-order valence-electron chi connectivity index (χ0n) is 14.8. The van der Waals surface area contributed by atoms with E-state index in [-0.39, 0.29) is 5.82 Å². The Balaban J connectivity index is 1.29. The fourth-order valence-corrected chi connectivity index (χ4v) is 4.50. The summed E-state index contributed by atoms with van der Waals surface area (Å²) in [7, 11) is 0. The van der Waals surface area contributed by atoms with E-state index in [9.17, 15) is 4.39 Å². The molecule has 0 atom stereocenters. The van der Waals surface area contributed by atoms with E-state index in [0.29, 0.717) is 17.5 Å². The first-order valence-corrected chi connectivity index (χ1v) is 9.72. The van der Waals surface area contributed by atoms with E-state index < -0.39 is 0 Å². The zero-order valence-corrected chi connectivity index (χ0v) is 14.8. The van der Waals surface area contributed by atoms with E-state index >= 15 is 0 Å². The number of nitrogens with two attached hydrogens (primary N) is 1. The molecule has 1 saturated carbocycles. The second-order valence-corrected chi connectivity index (χ2v) is 7.89. The van der Waals surface area contributed by atoms with Gasteiger partial charge in [-0.1, -0.05) is 5.16 Å². The lowest BCUT2D eigenvalue weighted by Crippen LogP contribution is -2.35. The van der Waals surface area contributed by atoms with Crippen LogP contribution in [0.5, 0.6) is 0 Å². The minimum atomic E-state index is -0.270. The van der Waals surface area contributed by atoms with Crippen LogP contribution in [0.2, 0.25) is 0 Å². The summed E-state index contributed by atoms with van der Waals surface area (Å²) in [5.41, 5.74) is 7.57. The summed E-state index contributed by atoms with van der Waals surface area (Å²) in [4.78, 5) is 2.59. The lowest BCUT2D eigenvalue weighted by atomic mass is 9.84. The fraction of sp³-hybridized carbons (Fsp3) is 0.650. The largest absolute Gasteiger partial charge is 0.356 e. The van der Waals surface area contributed by atoms with Crippen molar-refractivity contribution in [1.29, 1.82) is 0 Å². The van der Waals surface area contributed by atoms with E-state index in [1.165, 1.54) is 50.8 Å². The summed E-state index contributed by atoms with van der Waals surface area (Å²) in [6.45, 7) is 3.44. The van der Waals surface area contributed by atoms with Gasteiger partial charge in [-0.25, -0.2) is 4.39 Å². The summed E-state index contributed by atoms with van der Waals surface area (Å²) < 4.78 is 18.6. The fourth-order valence-electron chi connectivity index (χ4n) is 4.50. The van der Waals surface area contributed by atoms with E-state index in [2.05, 4.69) is 10.1 Å². The lowest BCUT2D eigenvalue weighted by molar-refractivity contribution is 0.184. The number of fused-ring (bicyclic) bond motifs is 1. The summed E-state index contributed by atoms with van der Waals surface area (Å²) in [5.74, 6) is 1.02. The molecule has 2 aromatic rings. The highest BCUT2D eigenvalue weighted by Crippen LogP contribution is 2.33. The van der Waals surface area contributed by atoms with Crippen LogP contribution in [0.1, 0.15) is 56.6 Å². The van der Waals surface area contributed by atoms with Gasteiger partial charge >= 0.3 is 0 Å². The molecule has 2 heterocycles. The van der Waals surface area contributed by atoms with Gasteiger partial charge in [0.25, 0.3) is 0 Å². The van der Waals surface area contributed by atoms with Crippen molar-refractivity contribution in [1.82, 2.24) is 10.1 Å². The summed E-state index contributed by atoms with van der Waals surface area (Å²) in [5, 5.41) is 5.21. The Hall–Kier alpha value is -1.46. The normalized spacial score (nSPS) is 26.3. The molecule has 1 aromatic heterocycles. The highest BCUT2D eigenvalue weighted by molar-refractivity contribution is 5.79. The smallest absolute Gasteiger partial charge is 0.170 e. The van der Waals surface area contributed by atoms with Crippen LogP contribution < -0.4 is 5.73 Å². The maximum atomic E-state index is 13.3. The summed E-state index contributed by atoms with van der Waals surface area (Å²) in [6, 6.07) is 5.17. The molecule has 1 aliphatic carbocycles. The number of likely N-dealkylation sites (tertiary alicyclic amines) is 1. The average Bonchev–Trinajstić information content (AvgIpc) is 3.04. The van der Waals surface area contributed by atoms with E-state index in [0.717, 1.165) is 42.9 Å². The monoisotopic (exact) mass is 345 g/mol. The van der Waals surface area contributed by atoms with Gasteiger partial charge in [-0.3, -0.25) is 0 Å². The third-order valence-corrected chi connectivity index (χ3v) is 6.18. The topological polar surface area (TPSA) is 55.3 Å². The van der Waals surface area contributed by atoms with E-state index in [1.807, 2.05) is 0 Å². The van der Waals surface area contributed by atoms with Crippen LogP contribution in [0.15, 0.2) is 22.7 Å². The van der Waals surface area contributed by atoms with E-state index in [1.54, 1.807) is 6.07 Å². The van der Waals surface area contributed by atoms with Crippen molar-refractivity contribution in [3.8, 4) is 0 Å². The van der Waals surface area contributed by atoms with Crippen LogP contribution in [0.4, 0.5) is 4.39 Å². The van der Waals surface area contributed by atoms with Crippen molar-refractivity contribution in [2.75, 3.05) is 19.6 Å². The first-order valence-electron chi connectivity index (χ1n) is 9.72. The predicted octanol–water partition coefficient (Wildman–Crippen LogP) is 4.05. The molecular formula is C20H28FN3O. The summed E-state index contributed by atoms with van der Waals surface area (Å²) in [6.07, 6.45) is 8.53. The van der Waals surface area contributed by atoms with Gasteiger partial charge in [-0.15, -0.1) is 0 Å². The van der Waals surface area contributed by atoms with Gasteiger partial charge in [-0.05, 0) is 82.6 Å². The van der Waals surface area contributed by atoms with Crippen molar-refractivity contribution < 1.29 is 8.91 Å². The Bertz CT molecular complexity index is 700. The van der Waals surface area contributed by atoms with Gasteiger partial charge in [0, 0.05) is 23.4 Å². The van der Waals surface area contributed by atoms with Gasteiger partial charge in [0.05, 0.1) is 5.69 Å². The maximum absolute atomic E-state index is 13.3. The number of nitrogens with zero attached hydrogens (tertiary/aromatic N) is 2. The Morgan fingerprint density at radius 1 is 1.12 bits per heavy atom. The predicted molar refractivity (Wildman–Crippen MR) is 96.9 cm³/mol. The van der Waals surface area contributed by atoms with Crippen molar-refractivity contribution in [3.05, 3.63) is 29.7 Å². The third kappa shape index (κ3) is 3.87. The molecule has 0 unspecified atom stereocenters. The Morgan fingerprint density at radius 3 is 2.64 bits per heavy atom.